The van der Waals surface area contributed by atoms with Gasteiger partial charge in [-0.25, -0.2) is 0 Å². The van der Waals surface area contributed by atoms with Gasteiger partial charge in [-0.3, -0.25) is 9.59 Å². The van der Waals surface area contributed by atoms with Crippen LogP contribution < -0.4 is 5.32 Å². The van der Waals surface area contributed by atoms with E-state index in [1.807, 2.05) is 43.3 Å². The van der Waals surface area contributed by atoms with Crippen molar-refractivity contribution in [2.24, 2.45) is 0 Å². The zero-order chi connectivity index (χ0) is 18.0. The third kappa shape index (κ3) is 3.44. The Morgan fingerprint density at radius 3 is 2.48 bits per heavy atom. The van der Waals surface area contributed by atoms with Crippen LogP contribution in [-0.2, 0) is 4.79 Å². The van der Waals surface area contributed by atoms with Gasteiger partial charge in [0.25, 0.3) is 5.91 Å². The van der Waals surface area contributed by atoms with E-state index in [0.29, 0.717) is 22.8 Å². The van der Waals surface area contributed by atoms with Crippen molar-refractivity contribution < 1.29 is 9.59 Å². The summed E-state index contributed by atoms with van der Waals surface area (Å²) in [5, 5.41) is 3.54. The molecule has 5 heteroatoms. The maximum atomic E-state index is 12.4. The summed E-state index contributed by atoms with van der Waals surface area (Å²) < 4.78 is 0. The lowest BCUT2D eigenvalue weighted by molar-refractivity contribution is -0.121. The van der Waals surface area contributed by atoms with Crippen LogP contribution in [0.4, 0.5) is 0 Å². The van der Waals surface area contributed by atoms with Crippen LogP contribution >= 0.6 is 11.6 Å². The number of hydrogen-bond acceptors (Lipinski definition) is 2. The van der Waals surface area contributed by atoms with Gasteiger partial charge in [0.05, 0.1) is 6.04 Å². The molecule has 1 atom stereocenters. The van der Waals surface area contributed by atoms with Crippen molar-refractivity contribution in [2.75, 3.05) is 6.54 Å². The molecule has 2 aromatic rings. The summed E-state index contributed by atoms with van der Waals surface area (Å²) in [7, 11) is 0. The maximum Gasteiger partial charge on any atom is 0.258 e. The lowest BCUT2D eigenvalue weighted by atomic mass is 10.1. The van der Waals surface area contributed by atoms with Crippen molar-refractivity contribution in [2.45, 2.75) is 19.4 Å². The van der Waals surface area contributed by atoms with Crippen molar-refractivity contribution in [3.63, 3.8) is 0 Å². The van der Waals surface area contributed by atoms with Crippen LogP contribution in [-0.4, -0.2) is 23.3 Å². The molecule has 2 aromatic carbocycles. The number of nitrogens with one attached hydrogen (secondary N) is 1. The number of carbonyl (C=O) groups excluding carboxylic acids is 2. The molecule has 128 valence electrons. The first-order valence-corrected chi connectivity index (χ1v) is 8.51. The zero-order valence-corrected chi connectivity index (χ0v) is 14.7. The topological polar surface area (TPSA) is 49.4 Å². The Labute approximate surface area is 152 Å². The Morgan fingerprint density at radius 1 is 1.16 bits per heavy atom. The summed E-state index contributed by atoms with van der Waals surface area (Å²) in [5.74, 6) is -0.239. The van der Waals surface area contributed by atoms with Crippen LogP contribution in [0.25, 0.3) is 5.70 Å². The lowest BCUT2D eigenvalue weighted by Crippen LogP contribution is -2.32. The van der Waals surface area contributed by atoms with E-state index >= 15 is 0 Å². The van der Waals surface area contributed by atoms with E-state index in [1.54, 1.807) is 17.0 Å². The van der Waals surface area contributed by atoms with E-state index in [4.69, 9.17) is 11.6 Å². The van der Waals surface area contributed by atoms with Gasteiger partial charge in [-0.05, 0) is 24.6 Å². The maximum absolute atomic E-state index is 12.4. The van der Waals surface area contributed by atoms with E-state index in [2.05, 4.69) is 11.9 Å². The van der Waals surface area contributed by atoms with Gasteiger partial charge in [0, 0.05) is 34.8 Å². The SMILES string of the molecule is C=C1c2ccccc2C(=O)N1CCC(=O)NC(C)c1ccccc1Cl. The van der Waals surface area contributed by atoms with Gasteiger partial charge < -0.3 is 10.2 Å². The van der Waals surface area contributed by atoms with Crippen molar-refractivity contribution >= 4 is 29.1 Å². The predicted octanol–water partition coefficient (Wildman–Crippen LogP) is 4.03. The molecule has 0 spiro atoms. The number of hydrogen-bond donors (Lipinski definition) is 1. The van der Waals surface area contributed by atoms with Gasteiger partial charge in [-0.15, -0.1) is 0 Å². The molecule has 0 saturated carbocycles. The molecule has 25 heavy (non-hydrogen) atoms. The molecule has 0 radical (unpaired) electrons. The molecule has 0 aromatic heterocycles. The summed E-state index contributed by atoms with van der Waals surface area (Å²) in [5.41, 5.74) is 2.98. The molecule has 0 saturated heterocycles. The van der Waals surface area contributed by atoms with Crippen molar-refractivity contribution in [1.82, 2.24) is 10.2 Å². The third-order valence-electron chi connectivity index (χ3n) is 4.35. The molecule has 1 heterocycles. The number of carbonyl (C=O) groups is 2. The summed E-state index contributed by atoms with van der Waals surface area (Å²) in [6.45, 7) is 6.16. The largest absolute Gasteiger partial charge is 0.349 e. The van der Waals surface area contributed by atoms with Crippen molar-refractivity contribution in [3.05, 3.63) is 76.8 Å². The Morgan fingerprint density at radius 2 is 1.80 bits per heavy atom. The number of rotatable bonds is 5. The van der Waals surface area contributed by atoms with E-state index in [-0.39, 0.29) is 24.3 Å². The molecule has 1 unspecified atom stereocenters. The average Bonchev–Trinajstić information content (AvgIpc) is 2.85. The predicted molar refractivity (Wildman–Crippen MR) is 99.1 cm³/mol. The third-order valence-corrected chi connectivity index (χ3v) is 4.70. The molecular weight excluding hydrogens is 336 g/mol. The highest BCUT2D eigenvalue weighted by atomic mass is 35.5. The smallest absolute Gasteiger partial charge is 0.258 e. The highest BCUT2D eigenvalue weighted by Crippen LogP contribution is 2.31. The first-order valence-electron chi connectivity index (χ1n) is 8.13. The summed E-state index contributed by atoms with van der Waals surface area (Å²) >= 11 is 6.16. The Kier molecular flexibility index (Phi) is 4.91. The molecule has 0 aliphatic carbocycles. The average molecular weight is 355 g/mol. The monoisotopic (exact) mass is 354 g/mol. The quantitative estimate of drug-likeness (QED) is 0.881. The number of nitrogens with zero attached hydrogens (tertiary/aromatic N) is 1. The normalized spacial score (nSPS) is 14.4. The fourth-order valence-electron chi connectivity index (χ4n) is 3.00. The van der Waals surface area contributed by atoms with Crippen LogP contribution in [0.2, 0.25) is 5.02 Å². The minimum Gasteiger partial charge on any atom is -0.349 e. The molecule has 2 amide bonds. The standard InChI is InChI=1S/C20H19ClN2O2/c1-13(15-7-5-6-10-18(15)21)22-19(24)11-12-23-14(2)16-8-3-4-9-17(16)20(23)25/h3-10,13H,2,11-12H2,1H3,(H,22,24). The van der Waals surface area contributed by atoms with Gasteiger partial charge >= 0.3 is 0 Å². The van der Waals surface area contributed by atoms with Gasteiger partial charge in [0.1, 0.15) is 0 Å². The van der Waals surface area contributed by atoms with Crippen LogP contribution in [0.1, 0.15) is 40.9 Å². The van der Waals surface area contributed by atoms with Crippen LogP contribution in [0.15, 0.2) is 55.1 Å². The second-order valence-electron chi connectivity index (χ2n) is 6.01. The number of amides is 2. The Bertz CT molecular complexity index is 812. The lowest BCUT2D eigenvalue weighted by Gasteiger charge is -2.19. The van der Waals surface area contributed by atoms with Gasteiger partial charge in [-0.2, -0.15) is 0 Å². The molecule has 3 rings (SSSR count). The molecule has 1 aliphatic heterocycles. The second kappa shape index (κ2) is 7.11. The highest BCUT2D eigenvalue weighted by Gasteiger charge is 2.30. The van der Waals surface area contributed by atoms with Gasteiger partial charge in [-0.1, -0.05) is 54.6 Å². The van der Waals surface area contributed by atoms with E-state index in [1.165, 1.54) is 0 Å². The molecule has 1 N–H and O–H groups in total. The highest BCUT2D eigenvalue weighted by molar-refractivity contribution is 6.31. The molecular formula is C20H19ClN2O2. The molecule has 0 fully saturated rings. The number of fused-ring (bicyclic) bond motifs is 1. The Balaban J connectivity index is 1.59. The van der Waals surface area contributed by atoms with Gasteiger partial charge in [0.15, 0.2) is 0 Å². The van der Waals surface area contributed by atoms with Crippen LogP contribution in [0.5, 0.6) is 0 Å². The van der Waals surface area contributed by atoms with Crippen molar-refractivity contribution in [3.8, 4) is 0 Å². The van der Waals surface area contributed by atoms with Crippen LogP contribution in [0.3, 0.4) is 0 Å². The molecule has 1 aliphatic rings. The second-order valence-corrected chi connectivity index (χ2v) is 6.42. The van der Waals surface area contributed by atoms with E-state index in [0.717, 1.165) is 11.1 Å². The Hall–Kier alpha value is -2.59. The zero-order valence-electron chi connectivity index (χ0n) is 14.0. The van der Waals surface area contributed by atoms with Crippen LogP contribution in [0, 0.1) is 0 Å². The first-order chi connectivity index (χ1) is 12.0. The fourth-order valence-corrected chi connectivity index (χ4v) is 3.30. The minimum atomic E-state index is -0.198. The molecule has 4 nitrogen and oxygen atoms in total. The number of benzene rings is 2. The van der Waals surface area contributed by atoms with E-state index < -0.39 is 0 Å². The van der Waals surface area contributed by atoms with Gasteiger partial charge in [0.2, 0.25) is 5.91 Å². The minimum absolute atomic E-state index is 0.104. The fraction of sp³-hybridized carbons (Fsp3) is 0.200. The molecule has 0 bridgehead atoms. The summed E-state index contributed by atoms with van der Waals surface area (Å²) in [4.78, 5) is 26.2. The van der Waals surface area contributed by atoms with Crippen molar-refractivity contribution in [1.29, 1.82) is 0 Å². The van der Waals surface area contributed by atoms with E-state index in [9.17, 15) is 9.59 Å². The summed E-state index contributed by atoms with van der Waals surface area (Å²) in [6, 6.07) is 14.6. The first kappa shape index (κ1) is 17.2. The number of halogens is 1. The summed E-state index contributed by atoms with van der Waals surface area (Å²) in [6.07, 6.45) is 0.202.